The molecular formula is C15H16F2N2O3. The number of hydrogen-bond donors (Lipinski definition) is 1. The number of rotatable bonds is 4. The van der Waals surface area contributed by atoms with Crippen LogP contribution in [0.2, 0.25) is 0 Å². The highest BCUT2D eigenvalue weighted by Gasteiger charge is 2.22. The van der Waals surface area contributed by atoms with Gasteiger partial charge < -0.3 is 14.6 Å². The summed E-state index contributed by atoms with van der Waals surface area (Å²) in [5.74, 6) is -3.20. The third kappa shape index (κ3) is 2.43. The summed E-state index contributed by atoms with van der Waals surface area (Å²) in [5.41, 5.74) is -1.74. The highest BCUT2D eigenvalue weighted by Crippen LogP contribution is 2.28. The van der Waals surface area contributed by atoms with Crippen LogP contribution in [0.4, 0.5) is 14.5 Å². The van der Waals surface area contributed by atoms with E-state index in [9.17, 15) is 18.4 Å². The lowest BCUT2D eigenvalue weighted by Crippen LogP contribution is -2.21. The van der Waals surface area contributed by atoms with E-state index in [-0.39, 0.29) is 16.6 Å². The topological polar surface area (TPSA) is 62.5 Å². The minimum atomic E-state index is -1.42. The van der Waals surface area contributed by atoms with E-state index in [1.54, 1.807) is 0 Å². The summed E-state index contributed by atoms with van der Waals surface area (Å²) in [7, 11) is 2.97. The Bertz CT molecular complexity index is 813. The number of aromatic nitrogens is 1. The largest absolute Gasteiger partial charge is 0.477 e. The van der Waals surface area contributed by atoms with Gasteiger partial charge in [0.15, 0.2) is 5.82 Å². The first-order chi connectivity index (χ1) is 10.3. The zero-order valence-electron chi connectivity index (χ0n) is 12.5. The van der Waals surface area contributed by atoms with Crippen molar-refractivity contribution in [2.45, 2.75) is 19.9 Å². The summed E-state index contributed by atoms with van der Waals surface area (Å²) >= 11 is 0. The van der Waals surface area contributed by atoms with Crippen LogP contribution in [-0.2, 0) is 6.54 Å². The van der Waals surface area contributed by atoms with Crippen LogP contribution in [0.15, 0.2) is 17.1 Å². The SMILES string of the molecule is CCCn1cc(C(=O)O)c(=O)c2cc(F)c(N(C)C)c(F)c21. The average Bonchev–Trinajstić information content (AvgIpc) is 2.41. The Morgan fingerprint density at radius 1 is 1.36 bits per heavy atom. The minimum absolute atomic E-state index is 0.0815. The molecule has 0 radical (unpaired) electrons. The molecule has 0 aliphatic heterocycles. The third-order valence-electron chi connectivity index (χ3n) is 3.37. The number of fused-ring (bicyclic) bond motifs is 1. The highest BCUT2D eigenvalue weighted by atomic mass is 19.1. The lowest BCUT2D eigenvalue weighted by atomic mass is 10.1. The molecule has 0 aliphatic rings. The number of aryl methyl sites for hydroxylation is 1. The van der Waals surface area contributed by atoms with Crippen molar-refractivity contribution in [1.29, 1.82) is 0 Å². The van der Waals surface area contributed by atoms with Crippen LogP contribution < -0.4 is 10.3 Å². The van der Waals surface area contributed by atoms with Gasteiger partial charge in [-0.25, -0.2) is 13.6 Å². The quantitative estimate of drug-likeness (QED) is 0.942. The fourth-order valence-electron chi connectivity index (χ4n) is 2.46. The summed E-state index contributed by atoms with van der Waals surface area (Å²) in [6.07, 6.45) is 1.71. The maximum Gasteiger partial charge on any atom is 0.341 e. The molecule has 0 spiro atoms. The molecule has 118 valence electrons. The van der Waals surface area contributed by atoms with Crippen molar-refractivity contribution >= 4 is 22.6 Å². The van der Waals surface area contributed by atoms with Crippen LogP contribution in [0.3, 0.4) is 0 Å². The van der Waals surface area contributed by atoms with Gasteiger partial charge in [-0.15, -0.1) is 0 Å². The summed E-state index contributed by atoms with van der Waals surface area (Å²) in [6, 6.07) is 0.897. The van der Waals surface area contributed by atoms with Crippen LogP contribution in [0.25, 0.3) is 10.9 Å². The van der Waals surface area contributed by atoms with E-state index >= 15 is 0 Å². The number of hydrogen-bond acceptors (Lipinski definition) is 3. The number of halogens is 2. The number of carboxylic acids is 1. The smallest absolute Gasteiger partial charge is 0.341 e. The fraction of sp³-hybridized carbons (Fsp3) is 0.333. The van der Waals surface area contributed by atoms with E-state index < -0.39 is 28.6 Å². The van der Waals surface area contributed by atoms with E-state index in [0.29, 0.717) is 13.0 Å². The second-order valence-corrected chi connectivity index (χ2v) is 5.18. The van der Waals surface area contributed by atoms with Gasteiger partial charge in [0.2, 0.25) is 5.43 Å². The van der Waals surface area contributed by atoms with Gasteiger partial charge in [-0.05, 0) is 12.5 Å². The molecule has 7 heteroatoms. The number of carbonyl (C=O) groups is 1. The predicted molar refractivity (Wildman–Crippen MR) is 79.7 cm³/mol. The van der Waals surface area contributed by atoms with Crippen molar-refractivity contribution in [3.8, 4) is 0 Å². The summed E-state index contributed by atoms with van der Waals surface area (Å²) < 4.78 is 30.1. The van der Waals surface area contributed by atoms with Crippen LogP contribution in [0.5, 0.6) is 0 Å². The number of carboxylic acid groups (broad SMARTS) is 1. The molecule has 2 rings (SSSR count). The predicted octanol–water partition coefficient (Wildman–Crippen LogP) is 2.45. The molecule has 0 amide bonds. The van der Waals surface area contributed by atoms with Crippen LogP contribution in [0.1, 0.15) is 23.7 Å². The number of nitrogens with zero attached hydrogens (tertiary/aromatic N) is 2. The molecule has 0 unspecified atom stereocenters. The molecule has 0 atom stereocenters. The van der Waals surface area contributed by atoms with Crippen molar-refractivity contribution in [3.05, 3.63) is 39.7 Å². The van der Waals surface area contributed by atoms with Gasteiger partial charge in [-0.2, -0.15) is 0 Å². The Kier molecular flexibility index (Phi) is 4.16. The van der Waals surface area contributed by atoms with Gasteiger partial charge in [-0.1, -0.05) is 6.92 Å². The van der Waals surface area contributed by atoms with Crippen LogP contribution >= 0.6 is 0 Å². The van der Waals surface area contributed by atoms with E-state index in [0.717, 1.165) is 12.3 Å². The molecule has 0 bridgehead atoms. The highest BCUT2D eigenvalue weighted by molar-refractivity contribution is 5.93. The molecular weight excluding hydrogens is 294 g/mol. The third-order valence-corrected chi connectivity index (χ3v) is 3.37. The zero-order chi connectivity index (χ0) is 16.6. The van der Waals surface area contributed by atoms with E-state index in [1.807, 2.05) is 6.92 Å². The Hall–Kier alpha value is -2.44. The lowest BCUT2D eigenvalue weighted by Gasteiger charge is -2.19. The molecule has 1 aromatic heterocycles. The Balaban J connectivity index is 3.02. The number of aromatic carboxylic acids is 1. The Labute approximate surface area is 125 Å². The van der Waals surface area contributed by atoms with Gasteiger partial charge in [0, 0.05) is 26.8 Å². The fourth-order valence-corrected chi connectivity index (χ4v) is 2.46. The second-order valence-electron chi connectivity index (χ2n) is 5.18. The lowest BCUT2D eigenvalue weighted by molar-refractivity contribution is 0.0694. The van der Waals surface area contributed by atoms with E-state index in [4.69, 9.17) is 5.11 Å². The average molecular weight is 310 g/mol. The van der Waals surface area contributed by atoms with E-state index in [2.05, 4.69) is 0 Å². The van der Waals surface area contributed by atoms with Crippen molar-refractivity contribution in [2.24, 2.45) is 0 Å². The molecule has 1 N–H and O–H groups in total. The van der Waals surface area contributed by atoms with Crippen LogP contribution in [-0.4, -0.2) is 29.7 Å². The number of pyridine rings is 1. The standard InChI is InChI=1S/C15H16F2N2O3/c1-4-5-19-7-9(15(21)22)14(20)8-6-10(16)13(18(2)3)11(17)12(8)19/h6-7H,4-5H2,1-3H3,(H,21,22). The summed E-state index contributed by atoms with van der Waals surface area (Å²) in [4.78, 5) is 24.6. The molecule has 0 saturated heterocycles. The number of anilines is 1. The van der Waals surface area contributed by atoms with Gasteiger partial charge in [0.25, 0.3) is 0 Å². The van der Waals surface area contributed by atoms with Gasteiger partial charge in [0.05, 0.1) is 10.9 Å². The molecule has 2 aromatic rings. The molecule has 0 aliphatic carbocycles. The molecule has 22 heavy (non-hydrogen) atoms. The summed E-state index contributed by atoms with van der Waals surface area (Å²) in [6.45, 7) is 2.14. The maximum atomic E-state index is 14.7. The Morgan fingerprint density at radius 2 is 2.00 bits per heavy atom. The van der Waals surface area contributed by atoms with Crippen molar-refractivity contribution in [3.63, 3.8) is 0 Å². The second kappa shape index (κ2) is 5.75. The minimum Gasteiger partial charge on any atom is -0.477 e. The molecule has 0 saturated carbocycles. The van der Waals surface area contributed by atoms with Crippen molar-refractivity contribution in [1.82, 2.24) is 4.57 Å². The van der Waals surface area contributed by atoms with Crippen molar-refractivity contribution in [2.75, 3.05) is 19.0 Å². The molecule has 5 nitrogen and oxygen atoms in total. The summed E-state index contributed by atoms with van der Waals surface area (Å²) in [5, 5.41) is 8.82. The molecule has 1 aromatic carbocycles. The monoisotopic (exact) mass is 310 g/mol. The van der Waals surface area contributed by atoms with Gasteiger partial charge in [0.1, 0.15) is 17.1 Å². The maximum absolute atomic E-state index is 14.7. The first kappa shape index (κ1) is 15.9. The van der Waals surface area contributed by atoms with Crippen molar-refractivity contribution < 1.29 is 18.7 Å². The van der Waals surface area contributed by atoms with Gasteiger partial charge in [-0.3, -0.25) is 4.79 Å². The molecule has 1 heterocycles. The first-order valence-electron chi connectivity index (χ1n) is 6.75. The molecule has 0 fully saturated rings. The van der Waals surface area contributed by atoms with E-state index in [1.165, 1.54) is 23.6 Å². The normalized spacial score (nSPS) is 11.0. The van der Waals surface area contributed by atoms with Gasteiger partial charge >= 0.3 is 5.97 Å². The zero-order valence-corrected chi connectivity index (χ0v) is 12.5. The Morgan fingerprint density at radius 3 is 2.50 bits per heavy atom. The first-order valence-corrected chi connectivity index (χ1v) is 6.75. The number of benzene rings is 1. The van der Waals surface area contributed by atoms with Crippen LogP contribution in [0, 0.1) is 11.6 Å².